The molecule has 3 aromatic rings. The van der Waals surface area contributed by atoms with Crippen molar-refractivity contribution in [2.75, 3.05) is 5.73 Å². The van der Waals surface area contributed by atoms with Gasteiger partial charge in [0.15, 0.2) is 0 Å². The first kappa shape index (κ1) is 12.4. The number of rotatable bonds is 2. The van der Waals surface area contributed by atoms with Gasteiger partial charge < -0.3 is 5.73 Å². The number of nitrogens with two attached hydrogens (primary N) is 1. The summed E-state index contributed by atoms with van der Waals surface area (Å²) in [4.78, 5) is 13.6. The number of pyridine rings is 1. The van der Waals surface area contributed by atoms with Gasteiger partial charge in [-0.05, 0) is 40.2 Å². The highest BCUT2D eigenvalue weighted by Crippen LogP contribution is 2.34. The van der Waals surface area contributed by atoms with Crippen LogP contribution >= 0.6 is 27.7 Å². The molecule has 0 aliphatic carbocycles. The van der Waals surface area contributed by atoms with Gasteiger partial charge in [0, 0.05) is 32.8 Å². The Balaban J connectivity index is 2.12. The summed E-state index contributed by atoms with van der Waals surface area (Å²) < 4.78 is 0.913. The molecule has 0 radical (unpaired) electrons. The quantitative estimate of drug-likeness (QED) is 0.574. The molecule has 4 nitrogen and oxygen atoms in total. The summed E-state index contributed by atoms with van der Waals surface area (Å²) in [6.45, 7) is 0. The zero-order valence-electron chi connectivity index (χ0n) is 9.75. The molecule has 0 bridgehead atoms. The third kappa shape index (κ3) is 2.54. The summed E-state index contributed by atoms with van der Waals surface area (Å²) >= 11 is 4.96. The maximum absolute atomic E-state index is 5.99. The minimum Gasteiger partial charge on any atom is -0.398 e. The molecule has 0 fully saturated rings. The van der Waals surface area contributed by atoms with E-state index in [1.165, 1.54) is 6.33 Å². The largest absolute Gasteiger partial charge is 0.398 e. The maximum atomic E-state index is 5.99. The van der Waals surface area contributed by atoms with E-state index in [9.17, 15) is 0 Å². The van der Waals surface area contributed by atoms with Gasteiger partial charge in [0.1, 0.15) is 11.4 Å². The smallest absolute Gasteiger partial charge is 0.116 e. The number of benzene rings is 1. The van der Waals surface area contributed by atoms with Crippen LogP contribution in [-0.4, -0.2) is 15.0 Å². The molecule has 94 valence electrons. The molecule has 0 atom stereocenters. The van der Waals surface area contributed by atoms with Gasteiger partial charge in [-0.3, -0.25) is 4.98 Å². The molecule has 0 aliphatic heterocycles. The Kier molecular flexibility index (Phi) is 3.35. The standard InChI is InChI=1S/C13H9BrN4S/c14-8-5-9-10(15)1-2-11(13(9)17-6-8)19-12-3-4-16-7-18-12/h1-7H,15H2. The summed E-state index contributed by atoms with van der Waals surface area (Å²) in [5.41, 5.74) is 7.59. The van der Waals surface area contributed by atoms with Crippen molar-refractivity contribution in [1.29, 1.82) is 0 Å². The Labute approximate surface area is 122 Å². The molecular weight excluding hydrogens is 324 g/mol. The molecule has 2 heterocycles. The van der Waals surface area contributed by atoms with Gasteiger partial charge in [-0.1, -0.05) is 11.8 Å². The minimum absolute atomic E-state index is 0.718. The molecule has 19 heavy (non-hydrogen) atoms. The fourth-order valence-corrected chi connectivity index (χ4v) is 2.90. The summed E-state index contributed by atoms with van der Waals surface area (Å²) in [7, 11) is 0. The van der Waals surface area contributed by atoms with Crippen LogP contribution in [0.4, 0.5) is 5.69 Å². The summed E-state index contributed by atoms with van der Waals surface area (Å²) in [5, 5.41) is 1.82. The molecular formula is C13H9BrN4S. The highest BCUT2D eigenvalue weighted by Gasteiger charge is 2.08. The van der Waals surface area contributed by atoms with Gasteiger partial charge in [0.05, 0.1) is 5.52 Å². The van der Waals surface area contributed by atoms with E-state index in [4.69, 9.17) is 5.73 Å². The van der Waals surface area contributed by atoms with E-state index in [0.29, 0.717) is 0 Å². The molecule has 0 saturated heterocycles. The highest BCUT2D eigenvalue weighted by atomic mass is 79.9. The SMILES string of the molecule is Nc1ccc(Sc2ccncn2)c2ncc(Br)cc12. The predicted molar refractivity (Wildman–Crippen MR) is 80.0 cm³/mol. The molecule has 0 unspecified atom stereocenters. The van der Waals surface area contributed by atoms with Crippen molar-refractivity contribution < 1.29 is 0 Å². The Morgan fingerprint density at radius 1 is 1.16 bits per heavy atom. The number of halogens is 1. The molecule has 1 aromatic carbocycles. The molecule has 2 N–H and O–H groups in total. The first-order chi connectivity index (χ1) is 9.24. The van der Waals surface area contributed by atoms with Crippen LogP contribution in [-0.2, 0) is 0 Å². The van der Waals surface area contributed by atoms with Crippen LogP contribution < -0.4 is 5.73 Å². The van der Waals surface area contributed by atoms with Gasteiger partial charge in [-0.25, -0.2) is 9.97 Å². The van der Waals surface area contributed by atoms with Crippen LogP contribution in [0.2, 0.25) is 0 Å². The van der Waals surface area contributed by atoms with Gasteiger partial charge in [0.25, 0.3) is 0 Å². The van der Waals surface area contributed by atoms with Crippen LogP contribution in [0.15, 0.2) is 57.4 Å². The normalized spacial score (nSPS) is 10.8. The average Bonchev–Trinajstić information content (AvgIpc) is 2.43. The van der Waals surface area contributed by atoms with Crippen LogP contribution in [0.3, 0.4) is 0 Å². The number of anilines is 1. The fourth-order valence-electron chi connectivity index (χ4n) is 1.72. The lowest BCUT2D eigenvalue weighted by molar-refractivity contribution is 1.05. The van der Waals surface area contributed by atoms with Crippen LogP contribution in [0.1, 0.15) is 0 Å². The molecule has 6 heteroatoms. The average molecular weight is 333 g/mol. The number of aromatic nitrogens is 3. The van der Waals surface area contributed by atoms with Gasteiger partial charge in [-0.15, -0.1) is 0 Å². The number of fused-ring (bicyclic) bond motifs is 1. The van der Waals surface area contributed by atoms with E-state index in [1.807, 2.05) is 24.3 Å². The van der Waals surface area contributed by atoms with E-state index >= 15 is 0 Å². The van der Waals surface area contributed by atoms with Crippen LogP contribution in [0.5, 0.6) is 0 Å². The van der Waals surface area contributed by atoms with E-state index in [1.54, 1.807) is 24.2 Å². The summed E-state index contributed by atoms with van der Waals surface area (Å²) in [5.74, 6) is 0. The van der Waals surface area contributed by atoms with E-state index in [-0.39, 0.29) is 0 Å². The lowest BCUT2D eigenvalue weighted by Crippen LogP contribution is -1.91. The van der Waals surface area contributed by atoms with Crippen LogP contribution in [0, 0.1) is 0 Å². The van der Waals surface area contributed by atoms with E-state index in [0.717, 1.165) is 31.0 Å². The molecule has 0 spiro atoms. The fraction of sp³-hybridized carbons (Fsp3) is 0. The first-order valence-electron chi connectivity index (χ1n) is 5.51. The summed E-state index contributed by atoms with van der Waals surface area (Å²) in [6.07, 6.45) is 5.02. The molecule has 0 aliphatic rings. The third-order valence-corrected chi connectivity index (χ3v) is 4.02. The Morgan fingerprint density at radius 3 is 2.84 bits per heavy atom. The van der Waals surface area contributed by atoms with E-state index in [2.05, 4.69) is 30.9 Å². The van der Waals surface area contributed by atoms with Gasteiger partial charge in [-0.2, -0.15) is 0 Å². The number of hydrogen-bond donors (Lipinski definition) is 1. The molecule has 2 aromatic heterocycles. The minimum atomic E-state index is 0.718. The summed E-state index contributed by atoms with van der Waals surface area (Å²) in [6, 6.07) is 7.69. The first-order valence-corrected chi connectivity index (χ1v) is 7.12. The van der Waals surface area contributed by atoms with Gasteiger partial charge >= 0.3 is 0 Å². The van der Waals surface area contributed by atoms with Gasteiger partial charge in [0.2, 0.25) is 0 Å². The highest BCUT2D eigenvalue weighted by molar-refractivity contribution is 9.10. The number of nitrogen functional groups attached to an aromatic ring is 1. The number of hydrogen-bond acceptors (Lipinski definition) is 5. The van der Waals surface area contributed by atoms with Crippen molar-refractivity contribution in [1.82, 2.24) is 15.0 Å². The number of nitrogens with zero attached hydrogens (tertiary/aromatic N) is 3. The van der Waals surface area contributed by atoms with Crippen molar-refractivity contribution in [2.45, 2.75) is 9.92 Å². The second kappa shape index (κ2) is 5.14. The second-order valence-corrected chi connectivity index (χ2v) is 5.83. The predicted octanol–water partition coefficient (Wildman–Crippen LogP) is 3.52. The molecule has 3 rings (SSSR count). The molecule has 0 amide bonds. The monoisotopic (exact) mass is 332 g/mol. The van der Waals surface area contributed by atoms with Crippen molar-refractivity contribution in [3.63, 3.8) is 0 Å². The Bertz CT molecular complexity index is 733. The Hall–Kier alpha value is -1.66. The van der Waals surface area contributed by atoms with E-state index < -0.39 is 0 Å². The van der Waals surface area contributed by atoms with Crippen molar-refractivity contribution in [3.05, 3.63) is 47.5 Å². The van der Waals surface area contributed by atoms with Crippen molar-refractivity contribution in [2.24, 2.45) is 0 Å². The van der Waals surface area contributed by atoms with Crippen molar-refractivity contribution in [3.8, 4) is 0 Å². The Morgan fingerprint density at radius 2 is 2.05 bits per heavy atom. The second-order valence-electron chi connectivity index (χ2n) is 3.85. The van der Waals surface area contributed by atoms with Crippen LogP contribution in [0.25, 0.3) is 10.9 Å². The van der Waals surface area contributed by atoms with Crippen molar-refractivity contribution >= 4 is 44.3 Å². The lowest BCUT2D eigenvalue weighted by atomic mass is 10.2. The lowest BCUT2D eigenvalue weighted by Gasteiger charge is -2.07. The third-order valence-electron chi connectivity index (χ3n) is 2.58. The molecule has 0 saturated carbocycles. The topological polar surface area (TPSA) is 64.7 Å². The zero-order valence-corrected chi connectivity index (χ0v) is 12.1. The zero-order chi connectivity index (χ0) is 13.2. The maximum Gasteiger partial charge on any atom is 0.116 e.